The molecule has 1 aromatic carbocycles. The van der Waals surface area contributed by atoms with Crippen molar-refractivity contribution in [2.75, 3.05) is 0 Å². The number of hydrogen-bond donors (Lipinski definition) is 0. The van der Waals surface area contributed by atoms with Gasteiger partial charge in [-0.05, 0) is 6.92 Å². The Hall–Kier alpha value is 0.752. The maximum absolute atomic E-state index is 2.08. The molecule has 0 aromatic heterocycles. The van der Waals surface area contributed by atoms with Crippen LogP contribution in [0.4, 0.5) is 0 Å². The number of aryl methyl sites for hydroxylation is 1. The van der Waals surface area contributed by atoms with Crippen LogP contribution in [0.15, 0.2) is 30.3 Å². The second-order valence-electron chi connectivity index (χ2n) is 1.65. The maximum atomic E-state index is 2.08. The van der Waals surface area contributed by atoms with Crippen molar-refractivity contribution in [1.29, 1.82) is 0 Å². The number of hydrogen-bond acceptors (Lipinski definition) is 0. The van der Waals surface area contributed by atoms with Crippen LogP contribution in [0.3, 0.4) is 0 Å². The average Bonchev–Trinajstić information content (AvgIpc) is 1.69. The molecule has 2 heteroatoms. The van der Waals surface area contributed by atoms with Crippen molar-refractivity contribution < 1.29 is 4.28 Å². The van der Waals surface area contributed by atoms with Crippen LogP contribution >= 0.6 is 0 Å². The van der Waals surface area contributed by atoms with Crippen LogP contribution in [0.2, 0.25) is 0 Å². The van der Waals surface area contributed by atoms with Gasteiger partial charge in [0.1, 0.15) is 0 Å². The van der Waals surface area contributed by atoms with E-state index in [-0.39, 0.29) is 51.2 Å². The van der Waals surface area contributed by atoms with Crippen LogP contribution in [0.5, 0.6) is 0 Å². The Kier molecular flexibility index (Phi) is 9.48. The molecule has 0 saturated carbocycles. The molecule has 0 amide bonds. The molecule has 0 spiro atoms. The fraction of sp³-hybridized carbons (Fsp3) is 0.143. The molecule has 0 N–H and O–H groups in total. The Balaban J connectivity index is -0.0000000327. The van der Waals surface area contributed by atoms with Gasteiger partial charge in [-0.15, -0.1) is 0 Å². The summed E-state index contributed by atoms with van der Waals surface area (Å²) in [5.74, 6) is 0. The quantitative estimate of drug-likeness (QED) is 0.484. The standard InChI is InChI=1S/C7H8.Al.Na.3H2.4H/c1-7-5-3-2-4-6-7;;;;;;;;;/h2-6H,1H3;;;3*1H;;;;. The molecular formula is C7H18AlNa. The molecule has 0 aliphatic rings. The van der Waals surface area contributed by atoms with Gasteiger partial charge in [0.25, 0.3) is 0 Å². The zero-order valence-electron chi connectivity index (χ0n) is 4.39. The van der Waals surface area contributed by atoms with E-state index in [4.69, 9.17) is 0 Å². The molecule has 50 valence electrons. The first-order chi connectivity index (χ1) is 3.39. The molecule has 0 nitrogen and oxygen atoms in total. The summed E-state index contributed by atoms with van der Waals surface area (Å²) in [7, 11) is 0. The fourth-order valence-corrected chi connectivity index (χ4v) is 0.534. The first-order valence-electron chi connectivity index (χ1n) is 2.41. The Morgan fingerprint density at radius 3 is 1.78 bits per heavy atom. The normalized spacial score (nSPS) is 6.78. The van der Waals surface area contributed by atoms with Gasteiger partial charge in [0.2, 0.25) is 0 Å². The van der Waals surface area contributed by atoms with Crippen LogP contribution in [0, 0.1) is 6.92 Å². The third-order valence-corrected chi connectivity index (χ3v) is 0.940. The second kappa shape index (κ2) is 6.87. The average molecular weight is 152 g/mol. The van der Waals surface area contributed by atoms with E-state index in [1.807, 2.05) is 18.2 Å². The van der Waals surface area contributed by atoms with Crippen molar-refractivity contribution in [3.8, 4) is 0 Å². The molecule has 1 rings (SSSR count). The van der Waals surface area contributed by atoms with Gasteiger partial charge in [0.15, 0.2) is 17.4 Å². The molecule has 0 bridgehead atoms. The molecule has 0 saturated heterocycles. The predicted molar refractivity (Wildman–Crippen MR) is 54.6 cm³/mol. The SMILES string of the molecule is Cc1ccccc1.[AlH3].[HH].[HH].[HH].[NaH]. The summed E-state index contributed by atoms with van der Waals surface area (Å²) in [6.07, 6.45) is 0. The third-order valence-electron chi connectivity index (χ3n) is 0.940. The fourth-order valence-electron chi connectivity index (χ4n) is 0.534. The summed E-state index contributed by atoms with van der Waals surface area (Å²) >= 11 is 0. The van der Waals surface area contributed by atoms with Crippen molar-refractivity contribution in [1.82, 2.24) is 0 Å². The number of rotatable bonds is 0. The molecule has 0 heterocycles. The minimum atomic E-state index is 0. The van der Waals surface area contributed by atoms with E-state index < -0.39 is 0 Å². The van der Waals surface area contributed by atoms with Crippen molar-refractivity contribution in [2.45, 2.75) is 6.92 Å². The molecule has 0 atom stereocenters. The zero-order chi connectivity index (χ0) is 5.11. The molecular weight excluding hydrogens is 134 g/mol. The van der Waals surface area contributed by atoms with Crippen LogP contribution in [-0.4, -0.2) is 46.9 Å². The van der Waals surface area contributed by atoms with Gasteiger partial charge >= 0.3 is 29.6 Å². The van der Waals surface area contributed by atoms with E-state index in [2.05, 4.69) is 19.1 Å². The first kappa shape index (κ1) is 12.4. The van der Waals surface area contributed by atoms with Gasteiger partial charge in [-0.2, -0.15) is 0 Å². The monoisotopic (exact) mass is 152 g/mol. The summed E-state index contributed by atoms with van der Waals surface area (Å²) in [4.78, 5) is 0. The van der Waals surface area contributed by atoms with Gasteiger partial charge in [-0.3, -0.25) is 0 Å². The van der Waals surface area contributed by atoms with Crippen molar-refractivity contribution >= 4 is 46.9 Å². The van der Waals surface area contributed by atoms with Crippen molar-refractivity contribution in [2.24, 2.45) is 0 Å². The summed E-state index contributed by atoms with van der Waals surface area (Å²) in [6.45, 7) is 2.08. The topological polar surface area (TPSA) is 0 Å². The van der Waals surface area contributed by atoms with Gasteiger partial charge in [0, 0.05) is 4.28 Å². The minimum absolute atomic E-state index is 0. The summed E-state index contributed by atoms with van der Waals surface area (Å²) in [6, 6.07) is 10.3. The van der Waals surface area contributed by atoms with Gasteiger partial charge < -0.3 is 0 Å². The molecule has 1 aromatic rings. The molecule has 0 unspecified atom stereocenters. The van der Waals surface area contributed by atoms with E-state index in [0.29, 0.717) is 0 Å². The van der Waals surface area contributed by atoms with Gasteiger partial charge in [0.05, 0.1) is 0 Å². The van der Waals surface area contributed by atoms with E-state index in [1.165, 1.54) is 5.56 Å². The predicted octanol–water partition coefficient (Wildman–Crippen LogP) is 0.901. The van der Waals surface area contributed by atoms with Gasteiger partial charge in [-0.1, -0.05) is 35.9 Å². The Bertz CT molecular complexity index is 149. The van der Waals surface area contributed by atoms with Crippen LogP contribution in [0.25, 0.3) is 0 Å². The third kappa shape index (κ3) is 5.21. The number of benzene rings is 1. The van der Waals surface area contributed by atoms with E-state index in [1.54, 1.807) is 0 Å². The van der Waals surface area contributed by atoms with E-state index in [9.17, 15) is 0 Å². The van der Waals surface area contributed by atoms with Crippen LogP contribution in [-0.2, 0) is 0 Å². The van der Waals surface area contributed by atoms with Crippen molar-refractivity contribution in [3.63, 3.8) is 0 Å². The van der Waals surface area contributed by atoms with Crippen LogP contribution in [0.1, 0.15) is 9.84 Å². The van der Waals surface area contributed by atoms with Gasteiger partial charge in [-0.25, -0.2) is 0 Å². The molecule has 0 aliphatic heterocycles. The summed E-state index contributed by atoms with van der Waals surface area (Å²) < 4.78 is 0. The molecule has 0 radical (unpaired) electrons. The second-order valence-corrected chi connectivity index (χ2v) is 1.65. The summed E-state index contributed by atoms with van der Waals surface area (Å²) in [5, 5.41) is 0. The Labute approximate surface area is 93.5 Å². The zero-order valence-corrected chi connectivity index (χ0v) is 4.39. The van der Waals surface area contributed by atoms with E-state index in [0.717, 1.165) is 0 Å². The Morgan fingerprint density at radius 1 is 1.11 bits per heavy atom. The molecule has 0 aliphatic carbocycles. The van der Waals surface area contributed by atoms with E-state index >= 15 is 0 Å². The van der Waals surface area contributed by atoms with Crippen molar-refractivity contribution in [3.05, 3.63) is 35.9 Å². The molecule has 9 heavy (non-hydrogen) atoms. The molecule has 0 fully saturated rings. The first-order valence-corrected chi connectivity index (χ1v) is 2.41. The summed E-state index contributed by atoms with van der Waals surface area (Å²) in [5.41, 5.74) is 1.32. The Morgan fingerprint density at radius 2 is 1.56 bits per heavy atom. The van der Waals surface area contributed by atoms with Crippen LogP contribution < -0.4 is 0 Å².